The standard InChI is InChI=1S/C16H13.C10H12SSi.2ClH.Zr/c1-12-10-14-8-5-9-15(16(14)11-12)13-6-3-2-4-7-13;1-6-9-7-4-5-11-8(7)10(6)12(9,2)3;;;/h2-11H,1H3;4-5,10H,1-3H3;2*1H;/q-1;;;;+3/p-2. The Morgan fingerprint density at radius 1 is 0.871 bits per heavy atom. The van der Waals surface area contributed by atoms with Crippen LogP contribution < -0.4 is 24.8 Å². The zero-order valence-corrected chi connectivity index (χ0v) is 24.0. The minimum absolute atomic E-state index is 0. The van der Waals surface area contributed by atoms with E-state index in [0.717, 1.165) is 5.54 Å². The first-order valence-corrected chi connectivity index (χ1v) is 13.9. The predicted molar refractivity (Wildman–Crippen MR) is 127 cm³/mol. The molecule has 1 unspecified atom stereocenters. The fraction of sp³-hybridized carbons (Fsp3) is 0.192. The summed E-state index contributed by atoms with van der Waals surface area (Å²) in [5.41, 5.74) is 8.14. The molecular formula is C26H25Cl2SSiZr. The maximum absolute atomic E-state index is 2.51. The number of aryl methyl sites for hydroxylation is 1. The van der Waals surface area contributed by atoms with Gasteiger partial charge in [0.1, 0.15) is 0 Å². The Hall–Kier alpha value is -0.830. The SMILES string of the molecule is CC1=C2c3ccsc3C1[Si]2(C)C.Cc1cc2c(-c3ccccc3)cccc2[cH-]1.[Cl-].[Cl-].[Zr+3]. The molecule has 0 saturated carbocycles. The van der Waals surface area contributed by atoms with E-state index in [9.17, 15) is 0 Å². The number of benzene rings is 2. The molecule has 0 N–H and O–H groups in total. The van der Waals surface area contributed by atoms with Crippen LogP contribution in [0.4, 0.5) is 0 Å². The normalized spacial score (nSPS) is 16.7. The maximum Gasteiger partial charge on any atom is 3.00 e. The largest absolute Gasteiger partial charge is 3.00 e. The van der Waals surface area contributed by atoms with E-state index in [2.05, 4.69) is 99.1 Å². The molecule has 1 aliphatic carbocycles. The van der Waals surface area contributed by atoms with Gasteiger partial charge in [-0.25, -0.2) is 0 Å². The van der Waals surface area contributed by atoms with E-state index in [4.69, 9.17) is 0 Å². The fourth-order valence-electron chi connectivity index (χ4n) is 5.35. The third kappa shape index (κ3) is 4.25. The molecule has 0 nitrogen and oxygen atoms in total. The van der Waals surface area contributed by atoms with E-state index in [1.807, 2.05) is 11.3 Å². The molecule has 0 saturated heterocycles. The second kappa shape index (κ2) is 9.98. The summed E-state index contributed by atoms with van der Waals surface area (Å²) >= 11 is 1.96. The Kier molecular flexibility index (Phi) is 8.50. The van der Waals surface area contributed by atoms with E-state index in [0.29, 0.717) is 0 Å². The van der Waals surface area contributed by atoms with Crippen molar-refractivity contribution in [2.75, 3.05) is 0 Å². The summed E-state index contributed by atoms with van der Waals surface area (Å²) < 4.78 is 0. The van der Waals surface area contributed by atoms with Gasteiger partial charge in [0.05, 0.1) is 8.07 Å². The molecule has 3 aliphatic rings. The number of hydrogen-bond acceptors (Lipinski definition) is 1. The number of thiophene rings is 1. The number of halogens is 2. The molecule has 157 valence electrons. The molecule has 3 heterocycles. The van der Waals surface area contributed by atoms with Crippen LogP contribution >= 0.6 is 11.3 Å². The van der Waals surface area contributed by atoms with Gasteiger partial charge >= 0.3 is 26.2 Å². The first kappa shape index (κ1) is 26.4. The maximum atomic E-state index is 2.51. The van der Waals surface area contributed by atoms with Gasteiger partial charge in [-0.05, 0) is 29.5 Å². The monoisotopic (exact) mass is 557 g/mol. The molecule has 1 aromatic heterocycles. The molecule has 3 aromatic carbocycles. The van der Waals surface area contributed by atoms with Crippen LogP contribution in [0.5, 0.6) is 0 Å². The second-order valence-corrected chi connectivity index (χ2v) is 14.1. The van der Waals surface area contributed by atoms with E-state index >= 15 is 0 Å². The molecular weight excluding hydrogens is 535 g/mol. The molecule has 2 bridgehead atoms. The number of fused-ring (bicyclic) bond motifs is 1. The molecule has 0 amide bonds. The van der Waals surface area contributed by atoms with Gasteiger partial charge in [-0.2, -0.15) is 6.07 Å². The smallest absolute Gasteiger partial charge is 1.00 e. The summed E-state index contributed by atoms with van der Waals surface area (Å²) in [4.78, 5) is 1.68. The van der Waals surface area contributed by atoms with Crippen LogP contribution in [-0.2, 0) is 26.2 Å². The van der Waals surface area contributed by atoms with E-state index < -0.39 is 8.07 Å². The summed E-state index contributed by atoms with van der Waals surface area (Å²) in [6.45, 7) is 9.49. The van der Waals surface area contributed by atoms with Gasteiger partial charge in [0.2, 0.25) is 0 Å². The number of allylic oxidation sites excluding steroid dienone is 1. The molecule has 4 aromatic rings. The van der Waals surface area contributed by atoms with Crippen molar-refractivity contribution in [2.45, 2.75) is 32.5 Å². The van der Waals surface area contributed by atoms with E-state index in [-0.39, 0.29) is 51.0 Å². The molecule has 31 heavy (non-hydrogen) atoms. The van der Waals surface area contributed by atoms with Crippen molar-refractivity contribution in [3.63, 3.8) is 0 Å². The second-order valence-electron chi connectivity index (χ2n) is 8.62. The van der Waals surface area contributed by atoms with Gasteiger partial charge in [0.15, 0.2) is 0 Å². The molecule has 7 rings (SSSR count). The van der Waals surface area contributed by atoms with Crippen LogP contribution in [0, 0.1) is 6.92 Å². The van der Waals surface area contributed by atoms with Gasteiger partial charge in [0.25, 0.3) is 0 Å². The summed E-state index contributed by atoms with van der Waals surface area (Å²) in [6, 6.07) is 23.9. The van der Waals surface area contributed by atoms with Gasteiger partial charge in [-0.1, -0.05) is 72.7 Å². The quantitative estimate of drug-likeness (QED) is 0.247. The van der Waals surface area contributed by atoms with Crippen LogP contribution in [-0.4, -0.2) is 8.07 Å². The topological polar surface area (TPSA) is 0 Å². The van der Waals surface area contributed by atoms with Gasteiger partial charge < -0.3 is 24.8 Å². The van der Waals surface area contributed by atoms with Crippen LogP contribution in [0.1, 0.15) is 28.5 Å². The van der Waals surface area contributed by atoms with Crippen molar-refractivity contribution in [3.05, 3.63) is 93.7 Å². The fourth-order valence-corrected chi connectivity index (χ4v) is 11.7. The summed E-state index contributed by atoms with van der Waals surface area (Å²) in [5.74, 6) is 0. The Balaban J connectivity index is 0.000000207. The van der Waals surface area contributed by atoms with Gasteiger partial charge in [-0.3, -0.25) is 0 Å². The number of hydrogen-bond donors (Lipinski definition) is 0. The van der Waals surface area contributed by atoms with E-state index in [1.165, 1.54) is 27.5 Å². The van der Waals surface area contributed by atoms with Crippen molar-refractivity contribution in [2.24, 2.45) is 0 Å². The number of rotatable bonds is 1. The molecule has 1 atom stereocenters. The zero-order valence-electron chi connectivity index (χ0n) is 18.2. The van der Waals surface area contributed by atoms with Crippen molar-refractivity contribution in [1.82, 2.24) is 0 Å². The first-order chi connectivity index (χ1) is 13.5. The van der Waals surface area contributed by atoms with Crippen LogP contribution in [0.25, 0.3) is 27.1 Å². The molecule has 1 radical (unpaired) electrons. The van der Waals surface area contributed by atoms with Crippen molar-refractivity contribution >= 4 is 35.4 Å². The first-order valence-electron chi connectivity index (χ1n) is 9.99. The van der Waals surface area contributed by atoms with Crippen molar-refractivity contribution < 1.29 is 51.0 Å². The third-order valence-electron chi connectivity index (χ3n) is 6.40. The Bertz CT molecular complexity index is 1220. The minimum atomic E-state index is -0.972. The Labute approximate surface area is 222 Å². The predicted octanol–water partition coefficient (Wildman–Crippen LogP) is 1.96. The third-order valence-corrected chi connectivity index (χ3v) is 11.7. The van der Waals surface area contributed by atoms with Crippen LogP contribution in [0.2, 0.25) is 13.1 Å². The molecule has 2 aliphatic heterocycles. The zero-order chi connectivity index (χ0) is 19.5. The van der Waals surface area contributed by atoms with Gasteiger partial charge in [0, 0.05) is 10.4 Å². The summed E-state index contributed by atoms with van der Waals surface area (Å²) in [5, 5.41) is 6.70. The van der Waals surface area contributed by atoms with Gasteiger partial charge in [-0.15, -0.1) is 45.9 Å². The van der Waals surface area contributed by atoms with Crippen molar-refractivity contribution in [1.29, 1.82) is 0 Å². The average molecular weight is 560 g/mol. The average Bonchev–Trinajstić information content (AvgIpc) is 3.38. The molecule has 5 heteroatoms. The summed E-state index contributed by atoms with van der Waals surface area (Å²) in [6.07, 6.45) is 0. The molecule has 0 fully saturated rings. The van der Waals surface area contributed by atoms with E-state index in [1.54, 1.807) is 21.2 Å². The minimum Gasteiger partial charge on any atom is -1.00 e. The Morgan fingerprint density at radius 2 is 1.58 bits per heavy atom. The van der Waals surface area contributed by atoms with Crippen LogP contribution in [0.15, 0.2) is 77.7 Å². The summed E-state index contributed by atoms with van der Waals surface area (Å²) in [7, 11) is -0.972. The Morgan fingerprint density at radius 3 is 2.23 bits per heavy atom. The molecule has 0 spiro atoms. The van der Waals surface area contributed by atoms with Crippen molar-refractivity contribution in [3.8, 4) is 11.1 Å². The van der Waals surface area contributed by atoms with Crippen LogP contribution in [0.3, 0.4) is 0 Å².